The summed E-state index contributed by atoms with van der Waals surface area (Å²) in [5.74, 6) is 0.374. The molecule has 0 bridgehead atoms. The molecule has 0 saturated heterocycles. The number of likely N-dealkylation sites (N-methyl/N-ethyl adjacent to an activating group) is 1. The molecule has 0 heterocycles. The summed E-state index contributed by atoms with van der Waals surface area (Å²) in [5, 5.41) is 8.65. The van der Waals surface area contributed by atoms with Gasteiger partial charge < -0.3 is 9.64 Å². The van der Waals surface area contributed by atoms with Gasteiger partial charge in [-0.15, -0.1) is 0 Å². The Morgan fingerprint density at radius 3 is 2.71 bits per heavy atom. The number of nitrogens with zero attached hydrogens (tertiary/aromatic N) is 2. The predicted octanol–water partition coefficient (Wildman–Crippen LogP) is 1.68. The smallest absolute Gasteiger partial charge is 0.260 e. The Kier molecular flexibility index (Phi) is 5.02. The normalized spacial score (nSPS) is 11.4. The van der Waals surface area contributed by atoms with Gasteiger partial charge in [0.2, 0.25) is 0 Å². The van der Waals surface area contributed by atoms with Gasteiger partial charge in [-0.25, -0.2) is 0 Å². The van der Waals surface area contributed by atoms with Crippen molar-refractivity contribution < 1.29 is 9.53 Å². The summed E-state index contributed by atoms with van der Waals surface area (Å²) in [6, 6.07) is 11.3. The van der Waals surface area contributed by atoms with Crippen molar-refractivity contribution in [2.24, 2.45) is 5.92 Å². The number of hydrogen-bond donors (Lipinski definition) is 0. The highest BCUT2D eigenvalue weighted by molar-refractivity contribution is 5.77. The van der Waals surface area contributed by atoms with E-state index in [1.54, 1.807) is 26.1 Å². The summed E-state index contributed by atoms with van der Waals surface area (Å²) in [4.78, 5) is 13.2. The van der Waals surface area contributed by atoms with Crippen molar-refractivity contribution in [1.82, 2.24) is 4.90 Å². The zero-order valence-electron chi connectivity index (χ0n) is 10.1. The monoisotopic (exact) mass is 232 g/mol. The van der Waals surface area contributed by atoms with Gasteiger partial charge in [0.25, 0.3) is 5.91 Å². The van der Waals surface area contributed by atoms with Crippen LogP contribution in [0.1, 0.15) is 6.92 Å². The van der Waals surface area contributed by atoms with Gasteiger partial charge in [-0.2, -0.15) is 5.26 Å². The summed E-state index contributed by atoms with van der Waals surface area (Å²) in [6.45, 7) is 2.20. The minimum atomic E-state index is -0.166. The van der Waals surface area contributed by atoms with Gasteiger partial charge in [-0.3, -0.25) is 4.79 Å². The first-order valence-electron chi connectivity index (χ1n) is 5.45. The van der Waals surface area contributed by atoms with E-state index in [0.717, 1.165) is 0 Å². The fraction of sp³-hybridized carbons (Fsp3) is 0.385. The number of carbonyl (C=O) groups is 1. The van der Waals surface area contributed by atoms with Crippen LogP contribution in [0.5, 0.6) is 5.75 Å². The lowest BCUT2D eigenvalue weighted by molar-refractivity contribution is -0.132. The Morgan fingerprint density at radius 2 is 2.12 bits per heavy atom. The van der Waals surface area contributed by atoms with Crippen LogP contribution in [-0.4, -0.2) is 31.0 Å². The summed E-state index contributed by atoms with van der Waals surface area (Å²) < 4.78 is 5.33. The summed E-state index contributed by atoms with van der Waals surface area (Å²) in [7, 11) is 1.67. The number of rotatable bonds is 5. The minimum absolute atomic E-state index is 0.00133. The highest BCUT2D eigenvalue weighted by Crippen LogP contribution is 2.08. The van der Waals surface area contributed by atoms with Crippen LogP contribution >= 0.6 is 0 Å². The summed E-state index contributed by atoms with van der Waals surface area (Å²) in [6.07, 6.45) is 0. The molecule has 0 aromatic heterocycles. The standard InChI is InChI=1S/C13H16N2O2/c1-11(8-14)9-15(2)13(16)10-17-12-6-4-3-5-7-12/h3-7,11H,9-10H2,1-2H3. The fourth-order valence-electron chi connectivity index (χ4n) is 1.33. The average Bonchev–Trinajstić information content (AvgIpc) is 2.36. The molecule has 4 heteroatoms. The number of hydrogen-bond acceptors (Lipinski definition) is 3. The molecule has 1 atom stereocenters. The number of ether oxygens (including phenoxy) is 1. The third kappa shape index (κ3) is 4.56. The molecular formula is C13H16N2O2. The van der Waals surface area contributed by atoms with Gasteiger partial charge >= 0.3 is 0 Å². The fourth-order valence-corrected chi connectivity index (χ4v) is 1.33. The lowest BCUT2D eigenvalue weighted by atomic mass is 10.2. The highest BCUT2D eigenvalue weighted by atomic mass is 16.5. The lowest BCUT2D eigenvalue weighted by Crippen LogP contribution is -2.34. The molecule has 1 aromatic rings. The maximum absolute atomic E-state index is 11.7. The molecule has 17 heavy (non-hydrogen) atoms. The van der Waals surface area contributed by atoms with Crippen molar-refractivity contribution in [3.63, 3.8) is 0 Å². The molecule has 90 valence electrons. The maximum Gasteiger partial charge on any atom is 0.260 e. The first-order valence-corrected chi connectivity index (χ1v) is 5.45. The number of amides is 1. The lowest BCUT2D eigenvalue weighted by Gasteiger charge is -2.18. The van der Waals surface area contributed by atoms with Crippen molar-refractivity contribution in [2.75, 3.05) is 20.2 Å². The van der Waals surface area contributed by atoms with E-state index in [1.807, 2.05) is 18.2 Å². The number of carbonyl (C=O) groups excluding carboxylic acids is 1. The van der Waals surface area contributed by atoms with Gasteiger partial charge in [0.15, 0.2) is 6.61 Å². The molecule has 0 N–H and O–H groups in total. The molecule has 1 rings (SSSR count). The van der Waals surface area contributed by atoms with Gasteiger partial charge in [-0.05, 0) is 19.1 Å². The Balaban J connectivity index is 2.37. The van der Waals surface area contributed by atoms with E-state index < -0.39 is 0 Å². The van der Waals surface area contributed by atoms with Crippen LogP contribution in [0.25, 0.3) is 0 Å². The van der Waals surface area contributed by atoms with Crippen LogP contribution < -0.4 is 4.74 Å². The SMILES string of the molecule is CC(C#N)CN(C)C(=O)COc1ccccc1. The summed E-state index contributed by atoms with van der Waals surface area (Å²) >= 11 is 0. The van der Waals surface area contributed by atoms with Crippen LogP contribution in [0.3, 0.4) is 0 Å². The second-order valence-corrected chi connectivity index (χ2v) is 3.91. The molecule has 0 radical (unpaired) electrons. The molecular weight excluding hydrogens is 216 g/mol. The van der Waals surface area contributed by atoms with E-state index in [1.165, 1.54) is 4.90 Å². The minimum Gasteiger partial charge on any atom is -0.484 e. The van der Waals surface area contributed by atoms with Gasteiger partial charge in [0.05, 0.1) is 12.0 Å². The molecule has 0 spiro atoms. The molecule has 0 fully saturated rings. The van der Waals surface area contributed by atoms with E-state index in [2.05, 4.69) is 6.07 Å². The highest BCUT2D eigenvalue weighted by Gasteiger charge is 2.12. The predicted molar refractivity (Wildman–Crippen MR) is 64.4 cm³/mol. The van der Waals surface area contributed by atoms with E-state index in [4.69, 9.17) is 10.00 Å². The molecule has 0 aliphatic heterocycles. The van der Waals surface area contributed by atoms with Crippen LogP contribution in [0.2, 0.25) is 0 Å². The van der Waals surface area contributed by atoms with Crippen LogP contribution in [0.4, 0.5) is 0 Å². The van der Waals surface area contributed by atoms with Gasteiger partial charge in [-0.1, -0.05) is 18.2 Å². The van der Waals surface area contributed by atoms with E-state index in [9.17, 15) is 4.79 Å². The third-order valence-electron chi connectivity index (χ3n) is 2.30. The van der Waals surface area contributed by atoms with Crippen molar-refractivity contribution in [2.45, 2.75) is 6.92 Å². The van der Waals surface area contributed by atoms with Crippen LogP contribution in [0.15, 0.2) is 30.3 Å². The molecule has 4 nitrogen and oxygen atoms in total. The largest absolute Gasteiger partial charge is 0.484 e. The van der Waals surface area contributed by atoms with Crippen molar-refractivity contribution in [3.8, 4) is 11.8 Å². The van der Waals surface area contributed by atoms with E-state index in [0.29, 0.717) is 12.3 Å². The maximum atomic E-state index is 11.7. The molecule has 0 aliphatic carbocycles. The Morgan fingerprint density at radius 1 is 1.47 bits per heavy atom. The van der Waals surface area contributed by atoms with E-state index >= 15 is 0 Å². The van der Waals surface area contributed by atoms with Crippen molar-refractivity contribution >= 4 is 5.91 Å². The topological polar surface area (TPSA) is 53.3 Å². The van der Waals surface area contributed by atoms with Gasteiger partial charge in [0, 0.05) is 13.6 Å². The number of para-hydroxylation sites is 1. The first kappa shape index (κ1) is 13.0. The number of benzene rings is 1. The molecule has 1 unspecified atom stereocenters. The Bertz CT molecular complexity index is 398. The summed E-state index contributed by atoms with van der Waals surface area (Å²) in [5.41, 5.74) is 0. The Labute approximate surface area is 101 Å². The quantitative estimate of drug-likeness (QED) is 0.776. The molecule has 1 aromatic carbocycles. The zero-order valence-corrected chi connectivity index (χ0v) is 10.1. The van der Waals surface area contributed by atoms with E-state index in [-0.39, 0.29) is 18.4 Å². The first-order chi connectivity index (χ1) is 8.13. The Hall–Kier alpha value is -2.02. The number of nitriles is 1. The van der Waals surface area contributed by atoms with Crippen molar-refractivity contribution in [3.05, 3.63) is 30.3 Å². The zero-order chi connectivity index (χ0) is 12.7. The average molecular weight is 232 g/mol. The van der Waals surface area contributed by atoms with Crippen LogP contribution in [-0.2, 0) is 4.79 Å². The molecule has 0 aliphatic rings. The molecule has 0 saturated carbocycles. The molecule has 1 amide bonds. The van der Waals surface area contributed by atoms with Crippen LogP contribution in [0, 0.1) is 17.2 Å². The second-order valence-electron chi connectivity index (χ2n) is 3.91. The second kappa shape index (κ2) is 6.54. The van der Waals surface area contributed by atoms with Crippen molar-refractivity contribution in [1.29, 1.82) is 5.26 Å². The van der Waals surface area contributed by atoms with Gasteiger partial charge in [0.1, 0.15) is 5.75 Å². The third-order valence-corrected chi connectivity index (χ3v) is 2.30.